The standard InChI is InChI=1S/C12H9N3O4/c1-18-10-4-3-9(5-8(6-13)7-14)11(15(16)17)12(10)19-2/h3-5H,1-2H3. The van der Waals surface area contributed by atoms with E-state index < -0.39 is 4.92 Å². The number of ether oxygens (including phenoxy) is 2. The molecule has 0 spiro atoms. The van der Waals surface area contributed by atoms with Crippen molar-refractivity contribution in [2.24, 2.45) is 0 Å². The second-order valence-electron chi connectivity index (χ2n) is 3.28. The monoisotopic (exact) mass is 259 g/mol. The maximum absolute atomic E-state index is 11.1. The molecule has 0 N–H and O–H groups in total. The second-order valence-corrected chi connectivity index (χ2v) is 3.28. The zero-order valence-electron chi connectivity index (χ0n) is 10.2. The molecule has 0 aliphatic carbocycles. The number of nitro benzene ring substituents is 1. The van der Waals surface area contributed by atoms with E-state index in [1.54, 1.807) is 12.1 Å². The van der Waals surface area contributed by atoms with Crippen LogP contribution in [0.2, 0.25) is 0 Å². The van der Waals surface area contributed by atoms with Gasteiger partial charge in [-0.25, -0.2) is 0 Å². The van der Waals surface area contributed by atoms with E-state index in [4.69, 9.17) is 20.0 Å². The van der Waals surface area contributed by atoms with Gasteiger partial charge in [0.25, 0.3) is 0 Å². The van der Waals surface area contributed by atoms with Gasteiger partial charge in [0.05, 0.1) is 24.7 Å². The summed E-state index contributed by atoms with van der Waals surface area (Å²) in [6, 6.07) is 6.12. The molecule has 0 atom stereocenters. The Hall–Kier alpha value is -3.06. The second kappa shape index (κ2) is 6.03. The molecule has 0 aliphatic heterocycles. The van der Waals surface area contributed by atoms with Crippen molar-refractivity contribution in [3.8, 4) is 23.6 Å². The minimum absolute atomic E-state index is 0.0588. The molecule has 0 amide bonds. The van der Waals surface area contributed by atoms with Crippen LogP contribution < -0.4 is 9.47 Å². The fourth-order valence-electron chi connectivity index (χ4n) is 1.48. The highest BCUT2D eigenvalue weighted by Gasteiger charge is 2.24. The maximum Gasteiger partial charge on any atom is 0.322 e. The maximum atomic E-state index is 11.1. The van der Waals surface area contributed by atoms with E-state index in [9.17, 15) is 10.1 Å². The molecule has 0 unspecified atom stereocenters. The summed E-state index contributed by atoms with van der Waals surface area (Å²) in [5.41, 5.74) is -0.499. The van der Waals surface area contributed by atoms with E-state index in [-0.39, 0.29) is 28.3 Å². The fraction of sp³-hybridized carbons (Fsp3) is 0.167. The molecule has 1 aromatic carbocycles. The van der Waals surface area contributed by atoms with E-state index in [1.165, 1.54) is 26.4 Å². The van der Waals surface area contributed by atoms with Crippen LogP contribution in [0.4, 0.5) is 5.69 Å². The highest BCUT2D eigenvalue weighted by atomic mass is 16.6. The molecule has 0 aromatic heterocycles. The molecule has 0 aliphatic rings. The van der Waals surface area contributed by atoms with Crippen LogP contribution in [0.1, 0.15) is 5.56 Å². The predicted molar refractivity (Wildman–Crippen MR) is 65.4 cm³/mol. The van der Waals surface area contributed by atoms with E-state index in [0.717, 1.165) is 6.08 Å². The van der Waals surface area contributed by atoms with Gasteiger partial charge < -0.3 is 9.47 Å². The Labute approximate surface area is 109 Å². The van der Waals surface area contributed by atoms with Crippen LogP contribution in [0.15, 0.2) is 17.7 Å². The lowest BCUT2D eigenvalue weighted by atomic mass is 10.1. The van der Waals surface area contributed by atoms with Crippen molar-refractivity contribution in [1.82, 2.24) is 0 Å². The number of nitrogens with zero attached hydrogens (tertiary/aromatic N) is 3. The molecule has 0 heterocycles. The first-order chi connectivity index (χ1) is 9.08. The quantitative estimate of drug-likeness (QED) is 0.465. The zero-order valence-corrected chi connectivity index (χ0v) is 10.2. The van der Waals surface area contributed by atoms with Crippen molar-refractivity contribution in [2.45, 2.75) is 0 Å². The van der Waals surface area contributed by atoms with E-state index in [1.807, 2.05) is 0 Å². The first kappa shape index (κ1) is 14.0. The SMILES string of the molecule is COc1ccc(C=C(C#N)C#N)c([N+](=O)[O-])c1OC. The van der Waals surface area contributed by atoms with Crippen LogP contribution in [0.5, 0.6) is 11.5 Å². The van der Waals surface area contributed by atoms with Crippen LogP contribution in [0, 0.1) is 32.8 Å². The van der Waals surface area contributed by atoms with Crippen LogP contribution >= 0.6 is 0 Å². The minimum Gasteiger partial charge on any atom is -0.493 e. The van der Waals surface area contributed by atoms with Gasteiger partial charge in [0.1, 0.15) is 17.7 Å². The van der Waals surface area contributed by atoms with Crippen molar-refractivity contribution in [2.75, 3.05) is 14.2 Å². The topological polar surface area (TPSA) is 109 Å². The van der Waals surface area contributed by atoms with Gasteiger partial charge in [-0.2, -0.15) is 10.5 Å². The van der Waals surface area contributed by atoms with Crippen LogP contribution in [0.3, 0.4) is 0 Å². The Morgan fingerprint density at radius 2 is 1.95 bits per heavy atom. The van der Waals surface area contributed by atoms with Crippen LogP contribution in [-0.2, 0) is 0 Å². The average Bonchev–Trinajstić information content (AvgIpc) is 2.43. The number of rotatable bonds is 4. The molecule has 1 aromatic rings. The summed E-state index contributed by atoms with van der Waals surface area (Å²) in [6.45, 7) is 0. The van der Waals surface area contributed by atoms with Gasteiger partial charge in [-0.1, -0.05) is 0 Å². The normalized spacial score (nSPS) is 8.84. The van der Waals surface area contributed by atoms with Crippen molar-refractivity contribution < 1.29 is 14.4 Å². The van der Waals surface area contributed by atoms with Crippen molar-refractivity contribution in [3.05, 3.63) is 33.4 Å². The lowest BCUT2D eigenvalue weighted by Crippen LogP contribution is -1.99. The Balaban J connectivity index is 3.60. The van der Waals surface area contributed by atoms with E-state index in [0.29, 0.717) is 0 Å². The molecule has 1 rings (SSSR count). The number of nitriles is 2. The van der Waals surface area contributed by atoms with Gasteiger partial charge in [-0.3, -0.25) is 10.1 Å². The van der Waals surface area contributed by atoms with Gasteiger partial charge in [-0.15, -0.1) is 0 Å². The largest absolute Gasteiger partial charge is 0.493 e. The number of benzene rings is 1. The van der Waals surface area contributed by atoms with Gasteiger partial charge in [0, 0.05) is 0 Å². The van der Waals surface area contributed by atoms with Gasteiger partial charge in [0.15, 0.2) is 5.75 Å². The summed E-state index contributed by atoms with van der Waals surface area (Å²) in [5.74, 6) is 0.137. The molecule has 0 radical (unpaired) electrons. The number of methoxy groups -OCH3 is 2. The third kappa shape index (κ3) is 2.79. The van der Waals surface area contributed by atoms with Gasteiger partial charge in [-0.05, 0) is 18.2 Å². The molecule has 0 saturated carbocycles. The number of nitro groups is 1. The Morgan fingerprint density at radius 3 is 2.37 bits per heavy atom. The third-order valence-corrected chi connectivity index (χ3v) is 2.27. The summed E-state index contributed by atoms with van der Waals surface area (Å²) in [7, 11) is 2.63. The number of hydrogen-bond donors (Lipinski definition) is 0. The summed E-state index contributed by atoms with van der Waals surface area (Å²) in [5, 5.41) is 28.5. The first-order valence-electron chi connectivity index (χ1n) is 5.00. The Bertz CT molecular complexity index is 607. The molecule has 19 heavy (non-hydrogen) atoms. The first-order valence-corrected chi connectivity index (χ1v) is 5.00. The lowest BCUT2D eigenvalue weighted by molar-refractivity contribution is -0.386. The summed E-state index contributed by atoms with van der Waals surface area (Å²) in [6.07, 6.45) is 1.13. The molecule has 0 bridgehead atoms. The summed E-state index contributed by atoms with van der Waals surface area (Å²) in [4.78, 5) is 10.4. The third-order valence-electron chi connectivity index (χ3n) is 2.27. The predicted octanol–water partition coefficient (Wildman–Crippen LogP) is 2.04. The van der Waals surface area contributed by atoms with E-state index in [2.05, 4.69) is 0 Å². The van der Waals surface area contributed by atoms with Crippen LogP contribution in [-0.4, -0.2) is 19.1 Å². The Morgan fingerprint density at radius 1 is 1.32 bits per heavy atom. The average molecular weight is 259 g/mol. The molecule has 0 fully saturated rings. The summed E-state index contributed by atoms with van der Waals surface area (Å²) < 4.78 is 9.92. The van der Waals surface area contributed by atoms with Crippen molar-refractivity contribution in [1.29, 1.82) is 10.5 Å². The lowest BCUT2D eigenvalue weighted by Gasteiger charge is -2.09. The van der Waals surface area contributed by atoms with E-state index >= 15 is 0 Å². The molecule has 7 heteroatoms. The minimum atomic E-state index is -0.653. The zero-order chi connectivity index (χ0) is 14.4. The van der Waals surface area contributed by atoms with Crippen LogP contribution in [0.25, 0.3) is 6.08 Å². The number of hydrogen-bond acceptors (Lipinski definition) is 6. The molecule has 96 valence electrons. The molecule has 7 nitrogen and oxygen atoms in total. The molecular weight excluding hydrogens is 250 g/mol. The number of allylic oxidation sites excluding steroid dienone is 1. The fourth-order valence-corrected chi connectivity index (χ4v) is 1.48. The van der Waals surface area contributed by atoms with Gasteiger partial charge >= 0.3 is 5.69 Å². The van der Waals surface area contributed by atoms with Crippen molar-refractivity contribution in [3.63, 3.8) is 0 Å². The molecule has 0 saturated heterocycles. The highest BCUT2D eigenvalue weighted by Crippen LogP contribution is 2.40. The smallest absolute Gasteiger partial charge is 0.322 e. The van der Waals surface area contributed by atoms with Gasteiger partial charge in [0.2, 0.25) is 5.75 Å². The summed E-state index contributed by atoms with van der Waals surface area (Å²) >= 11 is 0. The highest BCUT2D eigenvalue weighted by molar-refractivity contribution is 5.74. The van der Waals surface area contributed by atoms with Crippen molar-refractivity contribution >= 4 is 11.8 Å². The Kier molecular flexibility index (Phi) is 4.44. The molecular formula is C12H9N3O4.